The van der Waals surface area contributed by atoms with Crippen molar-refractivity contribution < 1.29 is 37.5 Å². The number of ether oxygens (including phenoxy) is 1. The number of rotatable bonds is 5. The van der Waals surface area contributed by atoms with Crippen LogP contribution in [-0.2, 0) is 16.1 Å². The monoisotopic (exact) mass is 446 g/mol. The van der Waals surface area contributed by atoms with Gasteiger partial charge in [-0.2, -0.15) is 4.39 Å². The molecule has 162 valence electrons. The molecule has 32 heavy (non-hydrogen) atoms. The summed E-state index contributed by atoms with van der Waals surface area (Å²) in [7, 11) is 5.64. The molecule has 2 radical (unpaired) electrons. The number of halogens is 3. The Morgan fingerprint density at radius 2 is 1.88 bits per heavy atom. The summed E-state index contributed by atoms with van der Waals surface area (Å²) in [5.74, 6) is -6.95. The molecule has 0 spiro atoms. The van der Waals surface area contributed by atoms with Crippen LogP contribution in [0.3, 0.4) is 0 Å². The topological polar surface area (TPSA) is 129 Å². The second-order valence-electron chi connectivity index (χ2n) is 6.50. The van der Waals surface area contributed by atoms with Crippen LogP contribution >= 0.6 is 0 Å². The van der Waals surface area contributed by atoms with E-state index < -0.39 is 74.0 Å². The molecule has 0 bridgehead atoms. The number of nitro groups is 1. The van der Waals surface area contributed by atoms with Crippen LogP contribution in [0.5, 0.6) is 0 Å². The molecule has 1 heterocycles. The lowest BCUT2D eigenvalue weighted by Crippen LogP contribution is -2.25. The van der Waals surface area contributed by atoms with Gasteiger partial charge in [0.15, 0.2) is 11.6 Å². The summed E-state index contributed by atoms with van der Waals surface area (Å²) >= 11 is 0. The smallest absolute Gasteiger partial charge is 0.341 e. The Balaban J connectivity index is 2.54. The van der Waals surface area contributed by atoms with Crippen molar-refractivity contribution in [2.75, 3.05) is 0 Å². The molecule has 2 aromatic carbocycles. The normalized spacial score (nSPS) is 10.9. The molecule has 0 unspecified atom stereocenters. The van der Waals surface area contributed by atoms with Gasteiger partial charge in [0.05, 0.1) is 16.1 Å². The van der Waals surface area contributed by atoms with Crippen LogP contribution in [0, 0.1) is 27.6 Å². The number of nitrogens with zero attached hydrogens (tertiary/aromatic N) is 2. The van der Waals surface area contributed by atoms with Crippen molar-refractivity contribution in [3.8, 4) is 5.69 Å². The molecule has 13 heteroatoms. The van der Waals surface area contributed by atoms with Gasteiger partial charge in [0.1, 0.15) is 20.0 Å². The minimum Gasteiger partial charge on any atom is -0.477 e. The van der Waals surface area contributed by atoms with E-state index >= 15 is 0 Å². The zero-order chi connectivity index (χ0) is 23.9. The summed E-state index contributed by atoms with van der Waals surface area (Å²) in [6.07, 6.45) is 0.676. The average molecular weight is 446 g/mol. The van der Waals surface area contributed by atoms with Gasteiger partial charge in [-0.25, -0.2) is 13.6 Å². The van der Waals surface area contributed by atoms with Crippen molar-refractivity contribution in [1.82, 2.24) is 4.57 Å². The van der Waals surface area contributed by atoms with Crippen molar-refractivity contribution in [2.24, 2.45) is 0 Å². The minimum atomic E-state index is -1.74. The van der Waals surface area contributed by atoms with Gasteiger partial charge in [0, 0.05) is 30.1 Å². The van der Waals surface area contributed by atoms with Gasteiger partial charge < -0.3 is 14.4 Å². The van der Waals surface area contributed by atoms with E-state index in [1.807, 2.05) is 0 Å². The molecule has 3 aromatic rings. The highest BCUT2D eigenvalue weighted by Crippen LogP contribution is 2.28. The number of benzene rings is 2. The Hall–Kier alpha value is -4.16. The van der Waals surface area contributed by atoms with E-state index in [1.165, 1.54) is 0 Å². The van der Waals surface area contributed by atoms with Crippen molar-refractivity contribution >= 4 is 41.8 Å². The summed E-state index contributed by atoms with van der Waals surface area (Å²) in [4.78, 5) is 45.4. The maximum atomic E-state index is 14.2. The number of hydrogen-bond donors (Lipinski definition) is 1. The van der Waals surface area contributed by atoms with Gasteiger partial charge in [0.25, 0.3) is 0 Å². The van der Waals surface area contributed by atoms with Gasteiger partial charge in [-0.1, -0.05) is 0 Å². The van der Waals surface area contributed by atoms with Crippen LogP contribution in [0.1, 0.15) is 22.8 Å². The zero-order valence-corrected chi connectivity index (χ0v) is 16.0. The fourth-order valence-electron chi connectivity index (χ4n) is 3.06. The molecule has 1 N–H and O–H groups in total. The molecule has 0 amide bonds. The van der Waals surface area contributed by atoms with E-state index in [2.05, 4.69) is 0 Å². The SMILES string of the molecule is [B]c1c(F)c(F)cc2c(=O)c(C(=O)O)cn(-c3cc([N+](=O)[O-])c(F)cc3COC(C)=O)c12. The number of carbonyl (C=O) groups excluding carboxylic acids is 1. The van der Waals surface area contributed by atoms with Gasteiger partial charge in [-0.3, -0.25) is 19.7 Å². The van der Waals surface area contributed by atoms with Crippen molar-refractivity contribution in [2.45, 2.75) is 13.5 Å². The van der Waals surface area contributed by atoms with Crippen molar-refractivity contribution in [3.63, 3.8) is 0 Å². The fourth-order valence-corrected chi connectivity index (χ4v) is 3.06. The van der Waals surface area contributed by atoms with Crippen LogP contribution in [0.4, 0.5) is 18.9 Å². The summed E-state index contributed by atoms with van der Waals surface area (Å²) in [6, 6.07) is 1.73. The first kappa shape index (κ1) is 22.5. The number of aromatic carboxylic acids is 1. The molecular formula is C19H10BF3N2O7. The molecule has 0 aliphatic rings. The molecule has 9 nitrogen and oxygen atoms in total. The van der Waals surface area contributed by atoms with Gasteiger partial charge >= 0.3 is 17.6 Å². The van der Waals surface area contributed by atoms with Crippen LogP contribution < -0.4 is 10.9 Å². The maximum absolute atomic E-state index is 14.2. The van der Waals surface area contributed by atoms with E-state index in [9.17, 15) is 42.8 Å². The minimum absolute atomic E-state index is 0.214. The quantitative estimate of drug-likeness (QED) is 0.274. The lowest BCUT2D eigenvalue weighted by atomic mass is 9.91. The summed E-state index contributed by atoms with van der Waals surface area (Å²) in [5.41, 5.74) is -5.17. The Morgan fingerprint density at radius 1 is 1.22 bits per heavy atom. The van der Waals surface area contributed by atoms with Crippen molar-refractivity contribution in [3.05, 3.63) is 73.3 Å². The first-order chi connectivity index (χ1) is 14.9. The summed E-state index contributed by atoms with van der Waals surface area (Å²) in [5, 5.41) is 20.0. The molecule has 0 saturated carbocycles. The number of hydrogen-bond acceptors (Lipinski definition) is 6. The molecule has 0 saturated heterocycles. The Labute approximate surface area is 177 Å². The van der Waals surface area contributed by atoms with Gasteiger partial charge in [-0.15, -0.1) is 0 Å². The molecule has 0 aliphatic heterocycles. The summed E-state index contributed by atoms with van der Waals surface area (Å²) in [6.45, 7) is 0.411. The standard InChI is InChI=1S/C19H10BF3N2O7/c1-7(26)32-6-8-2-11(21)14(25(30)31)4-13(8)24-5-10(19(28)29)18(27)9-3-12(22)16(23)15(20)17(9)24/h2-5H,6H2,1H3,(H,28,29). The maximum Gasteiger partial charge on any atom is 0.341 e. The highest BCUT2D eigenvalue weighted by Gasteiger charge is 2.25. The number of nitro benzene ring substituents is 1. The fraction of sp³-hybridized carbons (Fsp3) is 0.105. The zero-order valence-electron chi connectivity index (χ0n) is 16.0. The van der Waals surface area contributed by atoms with Crippen LogP contribution in [0.25, 0.3) is 16.6 Å². The number of fused-ring (bicyclic) bond motifs is 1. The van der Waals surface area contributed by atoms with E-state index in [-0.39, 0.29) is 11.3 Å². The lowest BCUT2D eigenvalue weighted by Gasteiger charge is -2.18. The number of carboxylic acid groups (broad SMARTS) is 1. The Bertz CT molecular complexity index is 1390. The molecular weight excluding hydrogens is 436 g/mol. The third-order valence-corrected chi connectivity index (χ3v) is 4.48. The van der Waals surface area contributed by atoms with Crippen LogP contribution in [0.2, 0.25) is 0 Å². The van der Waals surface area contributed by atoms with E-state index in [4.69, 9.17) is 12.6 Å². The molecule has 0 aliphatic carbocycles. The van der Waals surface area contributed by atoms with E-state index in [0.717, 1.165) is 11.5 Å². The van der Waals surface area contributed by atoms with E-state index in [1.54, 1.807) is 0 Å². The highest BCUT2D eigenvalue weighted by atomic mass is 19.2. The summed E-state index contributed by atoms with van der Waals surface area (Å²) < 4.78 is 47.9. The highest BCUT2D eigenvalue weighted by molar-refractivity contribution is 6.38. The lowest BCUT2D eigenvalue weighted by molar-refractivity contribution is -0.387. The van der Waals surface area contributed by atoms with Gasteiger partial charge in [-0.05, 0) is 17.6 Å². The number of aromatic nitrogens is 1. The van der Waals surface area contributed by atoms with Gasteiger partial charge in [0.2, 0.25) is 11.2 Å². The van der Waals surface area contributed by atoms with Crippen LogP contribution in [-0.4, -0.2) is 34.4 Å². The van der Waals surface area contributed by atoms with E-state index in [0.29, 0.717) is 24.4 Å². The second-order valence-corrected chi connectivity index (χ2v) is 6.50. The predicted octanol–water partition coefficient (Wildman–Crippen LogP) is 1.87. The number of pyridine rings is 1. The Kier molecular flexibility index (Phi) is 5.75. The molecule has 0 atom stereocenters. The number of esters is 1. The predicted molar refractivity (Wildman–Crippen MR) is 104 cm³/mol. The van der Waals surface area contributed by atoms with Crippen molar-refractivity contribution in [1.29, 1.82) is 0 Å². The molecule has 3 rings (SSSR count). The average Bonchev–Trinajstić information content (AvgIpc) is 2.71. The third-order valence-electron chi connectivity index (χ3n) is 4.48. The molecule has 1 aromatic heterocycles. The first-order valence-electron chi connectivity index (χ1n) is 8.60. The second kappa shape index (κ2) is 8.17. The third kappa shape index (κ3) is 3.79. The van der Waals surface area contributed by atoms with Crippen LogP contribution in [0.15, 0.2) is 29.2 Å². The number of carboxylic acids is 1. The molecule has 0 fully saturated rings. The Morgan fingerprint density at radius 3 is 2.44 bits per heavy atom. The first-order valence-corrected chi connectivity index (χ1v) is 8.60. The largest absolute Gasteiger partial charge is 0.477 e. The number of carbonyl (C=O) groups is 2.